The Morgan fingerprint density at radius 1 is 1.47 bits per heavy atom. The van der Waals surface area contributed by atoms with E-state index in [1.165, 1.54) is 6.92 Å². The largest absolute Gasteiger partial charge is 0.481 e. The summed E-state index contributed by atoms with van der Waals surface area (Å²) in [6.45, 7) is 1.19. The van der Waals surface area contributed by atoms with E-state index in [1.54, 1.807) is 18.2 Å². The molecule has 19 heavy (non-hydrogen) atoms. The molecule has 1 amide bonds. The van der Waals surface area contributed by atoms with Gasteiger partial charge in [-0.05, 0) is 41.1 Å². The van der Waals surface area contributed by atoms with Crippen LogP contribution in [0, 0.1) is 0 Å². The van der Waals surface area contributed by atoms with Crippen LogP contribution in [-0.4, -0.2) is 34.2 Å². The van der Waals surface area contributed by atoms with Gasteiger partial charge in [0.05, 0.1) is 12.0 Å². The minimum Gasteiger partial charge on any atom is -0.481 e. The molecule has 0 fully saturated rings. The summed E-state index contributed by atoms with van der Waals surface area (Å²) >= 11 is 3.21. The van der Waals surface area contributed by atoms with Crippen molar-refractivity contribution in [2.24, 2.45) is 0 Å². The zero-order chi connectivity index (χ0) is 14.6. The first kappa shape index (κ1) is 15.5. The molecule has 0 aliphatic carbocycles. The molecule has 1 rings (SSSR count). The SMILES string of the molecule is CC(O)(CNC(=O)c1ccc(N)c(Br)c1)CC(=O)O. The van der Waals surface area contributed by atoms with E-state index >= 15 is 0 Å². The number of benzene rings is 1. The summed E-state index contributed by atoms with van der Waals surface area (Å²) in [5.74, 6) is -1.54. The topological polar surface area (TPSA) is 113 Å². The molecular formula is C12H15BrN2O4. The molecule has 0 spiro atoms. The Labute approximate surface area is 118 Å². The quantitative estimate of drug-likeness (QED) is 0.601. The number of halogens is 1. The van der Waals surface area contributed by atoms with E-state index in [0.717, 1.165) is 0 Å². The Kier molecular flexibility index (Phi) is 4.90. The second-order valence-corrected chi connectivity index (χ2v) is 5.34. The van der Waals surface area contributed by atoms with Gasteiger partial charge in [0.25, 0.3) is 5.91 Å². The van der Waals surface area contributed by atoms with E-state index in [0.29, 0.717) is 15.7 Å². The molecule has 0 aromatic heterocycles. The molecule has 1 aromatic rings. The van der Waals surface area contributed by atoms with Crippen LogP contribution in [-0.2, 0) is 4.79 Å². The molecule has 0 heterocycles. The molecule has 1 unspecified atom stereocenters. The van der Waals surface area contributed by atoms with E-state index < -0.39 is 23.9 Å². The molecule has 6 nitrogen and oxygen atoms in total. The van der Waals surface area contributed by atoms with Crippen molar-refractivity contribution in [1.82, 2.24) is 5.32 Å². The second-order valence-electron chi connectivity index (χ2n) is 4.49. The Morgan fingerprint density at radius 2 is 2.11 bits per heavy atom. The Bertz CT molecular complexity index is 503. The smallest absolute Gasteiger partial charge is 0.306 e. The van der Waals surface area contributed by atoms with Gasteiger partial charge in [0.2, 0.25) is 0 Å². The Hall–Kier alpha value is -1.60. The van der Waals surface area contributed by atoms with Crippen LogP contribution in [0.1, 0.15) is 23.7 Å². The van der Waals surface area contributed by atoms with Gasteiger partial charge in [-0.1, -0.05) is 0 Å². The maximum Gasteiger partial charge on any atom is 0.306 e. The normalized spacial score (nSPS) is 13.6. The fourth-order valence-corrected chi connectivity index (χ4v) is 1.81. The molecule has 0 bridgehead atoms. The molecule has 7 heteroatoms. The summed E-state index contributed by atoms with van der Waals surface area (Å²) in [6.07, 6.45) is -0.446. The lowest BCUT2D eigenvalue weighted by atomic mass is 10.0. The maximum absolute atomic E-state index is 11.8. The van der Waals surface area contributed by atoms with Gasteiger partial charge in [-0.2, -0.15) is 0 Å². The standard InChI is InChI=1S/C12H15BrN2O4/c1-12(19,5-10(16)17)6-15-11(18)7-2-3-9(14)8(13)4-7/h2-4,19H,5-6,14H2,1H3,(H,15,18)(H,16,17). The molecule has 0 saturated carbocycles. The van der Waals surface area contributed by atoms with Crippen molar-refractivity contribution in [2.75, 3.05) is 12.3 Å². The van der Waals surface area contributed by atoms with Crippen molar-refractivity contribution in [1.29, 1.82) is 0 Å². The number of hydrogen-bond acceptors (Lipinski definition) is 4. The van der Waals surface area contributed by atoms with E-state index in [9.17, 15) is 14.7 Å². The molecule has 0 saturated heterocycles. The Morgan fingerprint density at radius 3 is 2.63 bits per heavy atom. The van der Waals surface area contributed by atoms with Gasteiger partial charge in [0.1, 0.15) is 0 Å². The molecule has 0 aliphatic rings. The number of nitrogens with one attached hydrogen (secondary N) is 1. The molecule has 104 valence electrons. The van der Waals surface area contributed by atoms with Crippen molar-refractivity contribution < 1.29 is 19.8 Å². The zero-order valence-electron chi connectivity index (χ0n) is 10.3. The number of aliphatic hydroxyl groups is 1. The van der Waals surface area contributed by atoms with E-state index in [1.807, 2.05) is 0 Å². The fraction of sp³-hybridized carbons (Fsp3) is 0.333. The van der Waals surface area contributed by atoms with Gasteiger partial charge < -0.3 is 21.3 Å². The minimum atomic E-state index is -1.49. The fourth-order valence-electron chi connectivity index (χ4n) is 1.43. The van der Waals surface area contributed by atoms with Crippen molar-refractivity contribution in [3.05, 3.63) is 28.2 Å². The average molecular weight is 331 g/mol. The second kappa shape index (κ2) is 6.03. The predicted octanol–water partition coefficient (Wildman–Crippen LogP) is 0.987. The lowest BCUT2D eigenvalue weighted by Crippen LogP contribution is -2.42. The van der Waals surface area contributed by atoms with Gasteiger partial charge in [-0.15, -0.1) is 0 Å². The number of rotatable bonds is 5. The highest BCUT2D eigenvalue weighted by Gasteiger charge is 2.25. The van der Waals surface area contributed by atoms with Crippen molar-refractivity contribution in [3.63, 3.8) is 0 Å². The molecule has 1 atom stereocenters. The summed E-state index contributed by atoms with van der Waals surface area (Å²) in [5.41, 5.74) is 4.99. The van der Waals surface area contributed by atoms with Crippen LogP contribution in [0.4, 0.5) is 5.69 Å². The molecular weight excluding hydrogens is 316 g/mol. The van der Waals surface area contributed by atoms with E-state index in [2.05, 4.69) is 21.2 Å². The zero-order valence-corrected chi connectivity index (χ0v) is 11.9. The van der Waals surface area contributed by atoms with Gasteiger partial charge in [0, 0.05) is 22.3 Å². The van der Waals surface area contributed by atoms with Crippen LogP contribution < -0.4 is 11.1 Å². The number of nitrogen functional groups attached to an aromatic ring is 1. The summed E-state index contributed by atoms with van der Waals surface area (Å²) < 4.78 is 0.595. The van der Waals surface area contributed by atoms with E-state index in [-0.39, 0.29) is 6.54 Å². The summed E-state index contributed by atoms with van der Waals surface area (Å²) in [6, 6.07) is 4.67. The summed E-state index contributed by atoms with van der Waals surface area (Å²) in [4.78, 5) is 22.3. The minimum absolute atomic E-state index is 0.153. The van der Waals surface area contributed by atoms with Gasteiger partial charge in [-0.25, -0.2) is 0 Å². The van der Waals surface area contributed by atoms with Crippen molar-refractivity contribution in [2.45, 2.75) is 18.9 Å². The number of carbonyl (C=O) groups excluding carboxylic acids is 1. The van der Waals surface area contributed by atoms with Crippen LogP contribution in [0.2, 0.25) is 0 Å². The van der Waals surface area contributed by atoms with Crippen LogP contribution in [0.3, 0.4) is 0 Å². The number of aliphatic carboxylic acids is 1. The number of carboxylic acids is 1. The first-order valence-corrected chi connectivity index (χ1v) is 6.28. The van der Waals surface area contributed by atoms with Crippen LogP contribution in [0.25, 0.3) is 0 Å². The average Bonchev–Trinajstić information content (AvgIpc) is 2.28. The Balaban J connectivity index is 2.65. The third kappa shape index (κ3) is 4.88. The highest BCUT2D eigenvalue weighted by Crippen LogP contribution is 2.20. The first-order chi connectivity index (χ1) is 8.71. The molecule has 0 aliphatic heterocycles. The third-order valence-corrected chi connectivity index (χ3v) is 3.11. The lowest BCUT2D eigenvalue weighted by Gasteiger charge is -2.21. The first-order valence-electron chi connectivity index (χ1n) is 5.49. The van der Waals surface area contributed by atoms with Crippen LogP contribution in [0.5, 0.6) is 0 Å². The summed E-state index contributed by atoms with van der Waals surface area (Å²) in [7, 11) is 0. The van der Waals surface area contributed by atoms with Crippen molar-refractivity contribution in [3.8, 4) is 0 Å². The van der Waals surface area contributed by atoms with Crippen molar-refractivity contribution >= 4 is 33.5 Å². The highest BCUT2D eigenvalue weighted by molar-refractivity contribution is 9.10. The molecule has 1 aromatic carbocycles. The monoisotopic (exact) mass is 330 g/mol. The molecule has 0 radical (unpaired) electrons. The number of anilines is 1. The lowest BCUT2D eigenvalue weighted by molar-refractivity contribution is -0.141. The van der Waals surface area contributed by atoms with Crippen LogP contribution in [0.15, 0.2) is 22.7 Å². The summed E-state index contributed by atoms with van der Waals surface area (Å²) in [5, 5.41) is 20.8. The van der Waals surface area contributed by atoms with Gasteiger partial charge in [-0.3, -0.25) is 9.59 Å². The predicted molar refractivity (Wildman–Crippen MR) is 73.8 cm³/mol. The number of nitrogens with two attached hydrogens (primary N) is 1. The molecule has 5 N–H and O–H groups in total. The number of carbonyl (C=O) groups is 2. The number of amides is 1. The highest BCUT2D eigenvalue weighted by atomic mass is 79.9. The number of carboxylic acid groups (broad SMARTS) is 1. The van der Waals surface area contributed by atoms with Crippen LogP contribution >= 0.6 is 15.9 Å². The number of hydrogen-bond donors (Lipinski definition) is 4. The van der Waals surface area contributed by atoms with Gasteiger partial charge >= 0.3 is 5.97 Å². The third-order valence-electron chi connectivity index (χ3n) is 2.42. The van der Waals surface area contributed by atoms with Gasteiger partial charge in [0.15, 0.2) is 0 Å². The maximum atomic E-state index is 11.8. The van der Waals surface area contributed by atoms with E-state index in [4.69, 9.17) is 10.8 Å².